The van der Waals surface area contributed by atoms with Crippen molar-refractivity contribution in [1.29, 1.82) is 0 Å². The van der Waals surface area contributed by atoms with Crippen LogP contribution in [0.4, 0.5) is 17.6 Å². The monoisotopic (exact) mass is 418 g/mol. The van der Waals surface area contributed by atoms with Gasteiger partial charge in [0.15, 0.2) is 11.6 Å². The van der Waals surface area contributed by atoms with Crippen LogP contribution >= 0.6 is 0 Å². The summed E-state index contributed by atoms with van der Waals surface area (Å²) in [6, 6.07) is 9.49. The number of methoxy groups -OCH3 is 1. The highest BCUT2D eigenvalue weighted by atomic mass is 16.5. The molecule has 1 aliphatic heterocycles. The number of rotatable bonds is 6. The predicted octanol–water partition coefficient (Wildman–Crippen LogP) is 3.57. The summed E-state index contributed by atoms with van der Waals surface area (Å²) in [4.78, 5) is 15.6. The van der Waals surface area contributed by atoms with Crippen molar-refractivity contribution in [1.82, 2.24) is 30.3 Å². The summed E-state index contributed by atoms with van der Waals surface area (Å²) in [5, 5.41) is 14.5. The lowest BCUT2D eigenvalue weighted by molar-refractivity contribution is 0.314. The third-order valence-electron chi connectivity index (χ3n) is 5.28. The van der Waals surface area contributed by atoms with Crippen LogP contribution < -0.4 is 15.0 Å². The number of hydrogen-bond donors (Lipinski definition) is 2. The standard InChI is InChI=1S/C21H22N8O2/c1-12-9-19(27-26-12)23-18-11-20(30-3)25-21(24-18)29-8-6-16(29)17-10-15(28-31-17)14-5-4-7-22-13(14)2/h4-5,7,9-11,16H,6,8H2,1-3H3,(H2,23,24,25,26,27)/t16-/m0/s1. The zero-order valence-corrected chi connectivity index (χ0v) is 17.5. The van der Waals surface area contributed by atoms with Gasteiger partial charge in [0, 0.05) is 47.9 Å². The smallest absolute Gasteiger partial charge is 0.231 e. The van der Waals surface area contributed by atoms with Crippen LogP contribution in [0.1, 0.15) is 29.6 Å². The molecule has 0 spiro atoms. The number of nitrogens with zero attached hydrogens (tertiary/aromatic N) is 6. The maximum Gasteiger partial charge on any atom is 0.231 e. The van der Waals surface area contributed by atoms with E-state index in [1.54, 1.807) is 19.4 Å². The molecule has 10 nitrogen and oxygen atoms in total. The maximum atomic E-state index is 5.68. The van der Waals surface area contributed by atoms with Crippen LogP contribution in [0.25, 0.3) is 11.3 Å². The van der Waals surface area contributed by atoms with Gasteiger partial charge in [-0.05, 0) is 32.4 Å². The van der Waals surface area contributed by atoms with Crippen LogP contribution in [-0.2, 0) is 0 Å². The van der Waals surface area contributed by atoms with Gasteiger partial charge in [0.25, 0.3) is 0 Å². The molecule has 0 unspecified atom stereocenters. The van der Waals surface area contributed by atoms with Crippen molar-refractivity contribution < 1.29 is 9.26 Å². The van der Waals surface area contributed by atoms with Crippen LogP contribution in [0, 0.1) is 13.8 Å². The Hall–Kier alpha value is -3.95. The second-order valence-corrected chi connectivity index (χ2v) is 7.41. The SMILES string of the molecule is COc1cc(Nc2cc(C)[nH]n2)nc(N2CC[C@H]2c2cc(-c3cccnc3C)no2)n1. The Morgan fingerprint density at radius 3 is 2.81 bits per heavy atom. The van der Waals surface area contributed by atoms with Gasteiger partial charge in [-0.2, -0.15) is 15.1 Å². The Bertz CT molecular complexity index is 1220. The van der Waals surface area contributed by atoms with E-state index in [1.807, 2.05) is 38.1 Å². The number of aromatic nitrogens is 6. The lowest BCUT2D eigenvalue weighted by Crippen LogP contribution is -2.42. The van der Waals surface area contributed by atoms with Crippen LogP contribution in [0.3, 0.4) is 0 Å². The largest absolute Gasteiger partial charge is 0.481 e. The van der Waals surface area contributed by atoms with E-state index in [4.69, 9.17) is 9.26 Å². The average molecular weight is 418 g/mol. The number of pyridine rings is 1. The molecular formula is C21H22N8O2. The van der Waals surface area contributed by atoms with Crippen molar-refractivity contribution >= 4 is 17.6 Å². The molecule has 0 aromatic carbocycles. The summed E-state index contributed by atoms with van der Waals surface area (Å²) < 4.78 is 11.1. The van der Waals surface area contributed by atoms with E-state index in [0.29, 0.717) is 23.5 Å². The molecule has 0 saturated carbocycles. The fraction of sp³-hybridized carbons (Fsp3) is 0.286. The highest BCUT2D eigenvalue weighted by Gasteiger charge is 2.35. The number of aromatic amines is 1. The molecule has 4 aromatic heterocycles. The Labute approximate surface area is 178 Å². The Kier molecular flexibility index (Phi) is 4.73. The highest BCUT2D eigenvalue weighted by molar-refractivity contribution is 5.62. The first kappa shape index (κ1) is 19.0. The van der Waals surface area contributed by atoms with Gasteiger partial charge < -0.3 is 19.5 Å². The predicted molar refractivity (Wildman–Crippen MR) is 114 cm³/mol. The number of nitrogens with one attached hydrogen (secondary N) is 2. The zero-order chi connectivity index (χ0) is 21.4. The molecule has 1 fully saturated rings. The van der Waals surface area contributed by atoms with Crippen molar-refractivity contribution in [2.75, 3.05) is 23.9 Å². The molecule has 5 rings (SSSR count). The lowest BCUT2D eigenvalue weighted by Gasteiger charge is -2.39. The minimum Gasteiger partial charge on any atom is -0.481 e. The van der Waals surface area contributed by atoms with Crippen molar-refractivity contribution in [2.24, 2.45) is 0 Å². The van der Waals surface area contributed by atoms with Gasteiger partial charge in [0.05, 0.1) is 13.2 Å². The van der Waals surface area contributed by atoms with E-state index < -0.39 is 0 Å². The van der Waals surface area contributed by atoms with Gasteiger partial charge in [-0.3, -0.25) is 10.1 Å². The zero-order valence-electron chi connectivity index (χ0n) is 17.5. The molecule has 1 saturated heterocycles. The van der Waals surface area contributed by atoms with Gasteiger partial charge in [0.2, 0.25) is 11.8 Å². The van der Waals surface area contributed by atoms with E-state index in [-0.39, 0.29) is 6.04 Å². The highest BCUT2D eigenvalue weighted by Crippen LogP contribution is 2.38. The molecule has 5 heterocycles. The fourth-order valence-electron chi connectivity index (χ4n) is 3.57. The molecular weight excluding hydrogens is 396 g/mol. The maximum absolute atomic E-state index is 5.68. The first-order valence-electron chi connectivity index (χ1n) is 9.98. The second kappa shape index (κ2) is 7.71. The summed E-state index contributed by atoms with van der Waals surface area (Å²) in [5.74, 6) is 3.07. The summed E-state index contributed by atoms with van der Waals surface area (Å²) >= 11 is 0. The fourth-order valence-corrected chi connectivity index (χ4v) is 3.57. The van der Waals surface area contributed by atoms with E-state index in [0.717, 1.165) is 41.4 Å². The molecule has 158 valence electrons. The van der Waals surface area contributed by atoms with Gasteiger partial charge in [0.1, 0.15) is 11.5 Å². The van der Waals surface area contributed by atoms with Crippen LogP contribution in [0.15, 0.2) is 41.1 Å². The molecule has 10 heteroatoms. The van der Waals surface area contributed by atoms with Gasteiger partial charge in [-0.1, -0.05) is 5.16 Å². The van der Waals surface area contributed by atoms with Gasteiger partial charge >= 0.3 is 0 Å². The number of anilines is 3. The van der Waals surface area contributed by atoms with Crippen molar-refractivity contribution in [3.63, 3.8) is 0 Å². The number of H-pyrrole nitrogens is 1. The summed E-state index contributed by atoms with van der Waals surface area (Å²) in [7, 11) is 1.58. The van der Waals surface area contributed by atoms with Gasteiger partial charge in [-0.15, -0.1) is 0 Å². The molecule has 0 radical (unpaired) electrons. The molecule has 2 N–H and O–H groups in total. The topological polar surface area (TPSA) is 118 Å². The van der Waals surface area contributed by atoms with E-state index in [2.05, 4.69) is 40.5 Å². The molecule has 1 atom stereocenters. The molecule has 0 aliphatic carbocycles. The Balaban J connectivity index is 1.41. The first-order chi connectivity index (χ1) is 15.1. The molecule has 1 aliphatic rings. The van der Waals surface area contributed by atoms with Crippen LogP contribution in [0.5, 0.6) is 5.88 Å². The van der Waals surface area contributed by atoms with E-state index in [9.17, 15) is 0 Å². The average Bonchev–Trinajstić information content (AvgIpc) is 3.36. The Morgan fingerprint density at radius 2 is 2.10 bits per heavy atom. The van der Waals surface area contributed by atoms with Crippen molar-refractivity contribution in [3.8, 4) is 17.1 Å². The number of ether oxygens (including phenoxy) is 1. The summed E-state index contributed by atoms with van der Waals surface area (Å²) in [6.07, 6.45) is 2.69. The summed E-state index contributed by atoms with van der Waals surface area (Å²) in [5.41, 5.74) is 3.60. The lowest BCUT2D eigenvalue weighted by atomic mass is 10.00. The van der Waals surface area contributed by atoms with Gasteiger partial charge in [-0.25, -0.2) is 0 Å². The van der Waals surface area contributed by atoms with Crippen molar-refractivity contribution in [3.05, 3.63) is 53.7 Å². The Morgan fingerprint density at radius 1 is 1.19 bits per heavy atom. The molecule has 0 amide bonds. The van der Waals surface area contributed by atoms with Crippen LogP contribution in [0.2, 0.25) is 0 Å². The number of hydrogen-bond acceptors (Lipinski definition) is 9. The summed E-state index contributed by atoms with van der Waals surface area (Å²) in [6.45, 7) is 4.70. The van der Waals surface area contributed by atoms with E-state index in [1.165, 1.54) is 0 Å². The van der Waals surface area contributed by atoms with Crippen molar-refractivity contribution in [2.45, 2.75) is 26.3 Å². The number of aryl methyl sites for hydroxylation is 2. The third-order valence-corrected chi connectivity index (χ3v) is 5.28. The normalized spacial score (nSPS) is 15.6. The first-order valence-corrected chi connectivity index (χ1v) is 9.98. The second-order valence-electron chi connectivity index (χ2n) is 7.41. The van der Waals surface area contributed by atoms with Crippen LogP contribution in [-0.4, -0.2) is 44.0 Å². The molecule has 4 aromatic rings. The van der Waals surface area contributed by atoms with E-state index >= 15 is 0 Å². The molecule has 0 bridgehead atoms. The quantitative estimate of drug-likeness (QED) is 0.484. The minimum atomic E-state index is 0.00538. The minimum absolute atomic E-state index is 0.00538. The third kappa shape index (κ3) is 3.67. The molecule has 31 heavy (non-hydrogen) atoms.